The molecule has 6 nitrogen and oxygen atoms in total. The second kappa shape index (κ2) is 9.79. The maximum absolute atomic E-state index is 13.7. The smallest absolute Gasteiger partial charge is 0.241 e. The molecule has 2 amide bonds. The third kappa shape index (κ3) is 4.96. The molecule has 0 saturated carbocycles. The number of para-hydroxylation sites is 1. The summed E-state index contributed by atoms with van der Waals surface area (Å²) < 4.78 is 0. The minimum atomic E-state index is -0.781. The van der Waals surface area contributed by atoms with Gasteiger partial charge in [0.1, 0.15) is 11.6 Å². The van der Waals surface area contributed by atoms with Crippen molar-refractivity contribution in [2.45, 2.75) is 57.5 Å². The zero-order chi connectivity index (χ0) is 23.4. The lowest BCUT2D eigenvalue weighted by atomic mass is 9.78. The van der Waals surface area contributed by atoms with Crippen LogP contribution in [0.5, 0.6) is 0 Å². The number of hydrogen-bond donors (Lipinski definition) is 4. The van der Waals surface area contributed by atoms with Crippen LogP contribution in [-0.4, -0.2) is 34.9 Å². The Labute approximate surface area is 195 Å². The topological polar surface area (TPSA) is 100 Å². The van der Waals surface area contributed by atoms with Crippen LogP contribution in [0.1, 0.15) is 43.5 Å². The average Bonchev–Trinajstić information content (AvgIpc) is 3.18. The van der Waals surface area contributed by atoms with Gasteiger partial charge >= 0.3 is 0 Å². The number of aryl methyl sites for hydroxylation is 2. The molecule has 0 spiro atoms. The quantitative estimate of drug-likeness (QED) is 0.380. The first-order valence-electron chi connectivity index (χ1n) is 11.9. The minimum Gasteiger partial charge on any atom is -0.368 e. The molecule has 1 aromatic heterocycles. The lowest BCUT2D eigenvalue weighted by Crippen LogP contribution is -2.63. The highest BCUT2D eigenvalue weighted by Gasteiger charge is 2.43. The van der Waals surface area contributed by atoms with Crippen LogP contribution >= 0.6 is 0 Å². The lowest BCUT2D eigenvalue weighted by Gasteiger charge is -2.38. The van der Waals surface area contributed by atoms with E-state index in [4.69, 9.17) is 5.73 Å². The Bertz CT molecular complexity index is 1120. The van der Waals surface area contributed by atoms with Crippen molar-refractivity contribution in [3.05, 3.63) is 71.4 Å². The van der Waals surface area contributed by atoms with Crippen molar-refractivity contribution in [2.24, 2.45) is 11.7 Å². The van der Waals surface area contributed by atoms with Gasteiger partial charge < -0.3 is 21.4 Å². The van der Waals surface area contributed by atoms with Gasteiger partial charge in [0, 0.05) is 23.0 Å². The molecule has 174 valence electrons. The fourth-order valence-electron chi connectivity index (χ4n) is 4.94. The standard InChI is InChI=1S/C27H34N4O2/c1-18(2)24(25(28)32)31-26(33)27(29-16-8-11-19-9-4-3-5-10-19)15-14-23-21(17-27)20-12-6-7-13-22(20)30-23/h3-7,9-10,12-13,18,24,29-30H,8,11,14-17H2,1-2H3,(H2,28,32)(H,31,33)/t24-,27+/m0/s1. The van der Waals surface area contributed by atoms with Crippen molar-refractivity contribution in [3.63, 3.8) is 0 Å². The van der Waals surface area contributed by atoms with Crippen molar-refractivity contribution >= 4 is 22.7 Å². The molecule has 6 heteroatoms. The number of carbonyl (C=O) groups excluding carboxylic acids is 2. The molecule has 0 unspecified atom stereocenters. The summed E-state index contributed by atoms with van der Waals surface area (Å²) in [5, 5.41) is 7.73. The molecule has 4 rings (SSSR count). The van der Waals surface area contributed by atoms with Gasteiger partial charge in [0.25, 0.3) is 0 Å². The Balaban J connectivity index is 1.56. The number of carbonyl (C=O) groups is 2. The number of hydrogen-bond acceptors (Lipinski definition) is 3. The number of nitrogens with one attached hydrogen (secondary N) is 3. The van der Waals surface area contributed by atoms with Gasteiger partial charge in [-0.05, 0) is 55.3 Å². The molecule has 33 heavy (non-hydrogen) atoms. The molecule has 5 N–H and O–H groups in total. The van der Waals surface area contributed by atoms with Crippen LogP contribution in [0, 0.1) is 5.92 Å². The molecule has 0 bridgehead atoms. The van der Waals surface area contributed by atoms with Gasteiger partial charge in [0.2, 0.25) is 11.8 Å². The number of nitrogens with two attached hydrogens (primary N) is 1. The molecule has 2 atom stereocenters. The zero-order valence-corrected chi connectivity index (χ0v) is 19.5. The monoisotopic (exact) mass is 446 g/mol. The van der Waals surface area contributed by atoms with Crippen molar-refractivity contribution in [1.29, 1.82) is 0 Å². The maximum atomic E-state index is 13.7. The Morgan fingerprint density at radius 2 is 1.82 bits per heavy atom. The molecule has 1 heterocycles. The maximum Gasteiger partial charge on any atom is 0.241 e. The van der Waals surface area contributed by atoms with Gasteiger partial charge in [-0.1, -0.05) is 62.4 Å². The number of benzene rings is 2. The number of aromatic amines is 1. The lowest BCUT2D eigenvalue weighted by molar-refractivity contribution is -0.133. The first-order chi connectivity index (χ1) is 15.9. The van der Waals surface area contributed by atoms with Gasteiger partial charge in [-0.15, -0.1) is 0 Å². The molecule has 1 aliphatic carbocycles. The average molecular weight is 447 g/mol. The summed E-state index contributed by atoms with van der Waals surface area (Å²) in [4.78, 5) is 29.2. The van der Waals surface area contributed by atoms with Gasteiger partial charge in [-0.25, -0.2) is 0 Å². The van der Waals surface area contributed by atoms with E-state index in [0.717, 1.165) is 30.2 Å². The second-order valence-corrected chi connectivity index (χ2v) is 9.50. The van der Waals surface area contributed by atoms with Crippen LogP contribution in [0.15, 0.2) is 54.6 Å². The van der Waals surface area contributed by atoms with Crippen LogP contribution in [0.25, 0.3) is 10.9 Å². The third-order valence-corrected chi connectivity index (χ3v) is 6.83. The fourth-order valence-corrected chi connectivity index (χ4v) is 4.94. The predicted octanol–water partition coefficient (Wildman–Crippen LogP) is 3.24. The summed E-state index contributed by atoms with van der Waals surface area (Å²) in [6, 6.07) is 17.9. The van der Waals surface area contributed by atoms with Crippen molar-refractivity contribution in [2.75, 3.05) is 6.54 Å². The molecule has 0 aliphatic heterocycles. The first-order valence-corrected chi connectivity index (χ1v) is 11.9. The van der Waals surface area contributed by atoms with E-state index in [0.29, 0.717) is 19.4 Å². The number of rotatable bonds is 9. The van der Waals surface area contributed by atoms with E-state index >= 15 is 0 Å². The summed E-state index contributed by atoms with van der Waals surface area (Å²) >= 11 is 0. The van der Waals surface area contributed by atoms with E-state index in [2.05, 4.69) is 39.9 Å². The normalized spacial score (nSPS) is 18.8. The molecule has 0 saturated heterocycles. The number of fused-ring (bicyclic) bond motifs is 3. The van der Waals surface area contributed by atoms with E-state index in [1.807, 2.05) is 44.2 Å². The third-order valence-electron chi connectivity index (χ3n) is 6.83. The van der Waals surface area contributed by atoms with Crippen LogP contribution in [0.3, 0.4) is 0 Å². The van der Waals surface area contributed by atoms with Crippen molar-refractivity contribution < 1.29 is 9.59 Å². The van der Waals surface area contributed by atoms with Gasteiger partial charge in [-0.2, -0.15) is 0 Å². The van der Waals surface area contributed by atoms with Crippen LogP contribution in [-0.2, 0) is 28.9 Å². The van der Waals surface area contributed by atoms with E-state index < -0.39 is 17.5 Å². The van der Waals surface area contributed by atoms with Crippen LogP contribution in [0.4, 0.5) is 0 Å². The van der Waals surface area contributed by atoms with Crippen LogP contribution < -0.4 is 16.4 Å². The SMILES string of the molecule is CC(C)[C@H](NC(=O)[C@@]1(NCCCc2ccccc2)CCc2[nH]c3ccccc3c2C1)C(N)=O. The Hall–Kier alpha value is -3.12. The van der Waals surface area contributed by atoms with E-state index in [-0.39, 0.29) is 11.8 Å². The van der Waals surface area contributed by atoms with E-state index in [1.54, 1.807) is 0 Å². The molecule has 1 aliphatic rings. The summed E-state index contributed by atoms with van der Waals surface area (Å²) in [6.07, 6.45) is 3.87. The summed E-state index contributed by atoms with van der Waals surface area (Å²) in [6.45, 7) is 4.51. The highest BCUT2D eigenvalue weighted by molar-refractivity contribution is 5.94. The second-order valence-electron chi connectivity index (χ2n) is 9.50. The largest absolute Gasteiger partial charge is 0.368 e. The fraction of sp³-hybridized carbons (Fsp3) is 0.407. The minimum absolute atomic E-state index is 0.0752. The number of amides is 2. The first kappa shape index (κ1) is 23.1. The zero-order valence-electron chi connectivity index (χ0n) is 19.5. The number of H-pyrrole nitrogens is 1. The van der Waals surface area contributed by atoms with Crippen molar-refractivity contribution in [1.82, 2.24) is 15.6 Å². The molecular formula is C27H34N4O2. The van der Waals surface area contributed by atoms with Gasteiger partial charge in [0.15, 0.2) is 0 Å². The van der Waals surface area contributed by atoms with E-state index in [9.17, 15) is 9.59 Å². The molecule has 2 aromatic carbocycles. The molecule has 0 fully saturated rings. The van der Waals surface area contributed by atoms with Crippen LogP contribution in [0.2, 0.25) is 0 Å². The Kier molecular flexibility index (Phi) is 6.84. The summed E-state index contributed by atoms with van der Waals surface area (Å²) in [5.41, 5.74) is 9.58. The Morgan fingerprint density at radius 3 is 2.55 bits per heavy atom. The summed E-state index contributed by atoms with van der Waals surface area (Å²) in [5.74, 6) is -0.717. The van der Waals surface area contributed by atoms with E-state index in [1.165, 1.54) is 16.8 Å². The molecule has 0 radical (unpaired) electrons. The number of primary amides is 1. The number of aromatic nitrogens is 1. The highest BCUT2D eigenvalue weighted by Crippen LogP contribution is 2.34. The van der Waals surface area contributed by atoms with Crippen molar-refractivity contribution in [3.8, 4) is 0 Å². The predicted molar refractivity (Wildman–Crippen MR) is 132 cm³/mol. The Morgan fingerprint density at radius 1 is 1.09 bits per heavy atom. The molecular weight excluding hydrogens is 412 g/mol. The summed E-state index contributed by atoms with van der Waals surface area (Å²) in [7, 11) is 0. The van der Waals surface area contributed by atoms with Gasteiger partial charge in [0.05, 0.1) is 0 Å². The van der Waals surface area contributed by atoms with Gasteiger partial charge in [-0.3, -0.25) is 9.59 Å². The highest BCUT2D eigenvalue weighted by atomic mass is 16.2. The molecule has 3 aromatic rings.